The number of rotatable bonds is 4. The molecule has 21 heavy (non-hydrogen) atoms. The molecule has 2 N–H and O–H groups in total. The van der Waals surface area contributed by atoms with Gasteiger partial charge in [-0.15, -0.1) is 0 Å². The summed E-state index contributed by atoms with van der Waals surface area (Å²) in [4.78, 5) is 14.5. The monoisotopic (exact) mass is 302 g/mol. The lowest BCUT2D eigenvalue weighted by Gasteiger charge is -2.24. The third-order valence-corrected chi connectivity index (χ3v) is 3.75. The second kappa shape index (κ2) is 6.64. The number of benzene rings is 2. The Kier molecular flexibility index (Phi) is 4.86. The van der Waals surface area contributed by atoms with E-state index in [9.17, 15) is 4.79 Å². The van der Waals surface area contributed by atoms with Crippen LogP contribution in [0.3, 0.4) is 0 Å². The number of anilines is 2. The van der Waals surface area contributed by atoms with Crippen molar-refractivity contribution in [3.63, 3.8) is 0 Å². The highest BCUT2D eigenvalue weighted by atomic mass is 35.5. The SMILES string of the molecule is CCCN(C(=O)c1ccc(Cl)c(C)c1)c1ccccc1N. The summed E-state index contributed by atoms with van der Waals surface area (Å²) in [6.07, 6.45) is 0.854. The topological polar surface area (TPSA) is 46.3 Å². The molecule has 2 aromatic rings. The molecule has 4 heteroatoms. The highest BCUT2D eigenvalue weighted by molar-refractivity contribution is 6.31. The van der Waals surface area contributed by atoms with Gasteiger partial charge in [-0.3, -0.25) is 4.79 Å². The highest BCUT2D eigenvalue weighted by Gasteiger charge is 2.19. The predicted molar refractivity (Wildman–Crippen MR) is 89.0 cm³/mol. The van der Waals surface area contributed by atoms with Crippen LogP contribution in [-0.2, 0) is 0 Å². The first-order valence-electron chi connectivity index (χ1n) is 6.97. The number of amides is 1. The summed E-state index contributed by atoms with van der Waals surface area (Å²) in [6.45, 7) is 4.54. The molecule has 0 aromatic heterocycles. The van der Waals surface area contributed by atoms with Crippen molar-refractivity contribution in [3.05, 3.63) is 58.6 Å². The largest absolute Gasteiger partial charge is 0.397 e. The number of nitrogens with zero attached hydrogens (tertiary/aromatic N) is 1. The number of halogens is 1. The Hall–Kier alpha value is -2.00. The van der Waals surface area contributed by atoms with E-state index in [-0.39, 0.29) is 5.91 Å². The summed E-state index contributed by atoms with van der Waals surface area (Å²) in [5.41, 5.74) is 8.86. The van der Waals surface area contributed by atoms with Gasteiger partial charge in [0, 0.05) is 17.1 Å². The molecule has 0 saturated carbocycles. The average molecular weight is 303 g/mol. The first-order chi connectivity index (χ1) is 10.0. The minimum Gasteiger partial charge on any atom is -0.397 e. The molecular formula is C17H19ClN2O. The van der Waals surface area contributed by atoms with E-state index in [0.717, 1.165) is 17.7 Å². The normalized spacial score (nSPS) is 10.4. The molecule has 110 valence electrons. The Bertz CT molecular complexity index is 655. The fraction of sp³-hybridized carbons (Fsp3) is 0.235. The average Bonchev–Trinajstić information content (AvgIpc) is 2.48. The van der Waals surface area contributed by atoms with E-state index in [4.69, 9.17) is 17.3 Å². The second-order valence-electron chi connectivity index (χ2n) is 4.98. The lowest BCUT2D eigenvalue weighted by molar-refractivity contribution is 0.0987. The van der Waals surface area contributed by atoms with Gasteiger partial charge >= 0.3 is 0 Å². The van der Waals surface area contributed by atoms with Crippen LogP contribution in [-0.4, -0.2) is 12.5 Å². The van der Waals surface area contributed by atoms with E-state index < -0.39 is 0 Å². The standard InChI is InChI=1S/C17H19ClN2O/c1-3-10-20(16-7-5-4-6-15(16)19)17(21)13-8-9-14(18)12(2)11-13/h4-9,11H,3,10,19H2,1-2H3. The zero-order valence-electron chi connectivity index (χ0n) is 12.3. The Morgan fingerprint density at radius 1 is 1.24 bits per heavy atom. The molecule has 0 saturated heterocycles. The van der Waals surface area contributed by atoms with E-state index in [1.165, 1.54) is 0 Å². The lowest BCUT2D eigenvalue weighted by Crippen LogP contribution is -2.32. The Labute approximate surface area is 130 Å². The predicted octanol–water partition coefficient (Wildman–Crippen LogP) is 4.29. The minimum absolute atomic E-state index is 0.0606. The van der Waals surface area contributed by atoms with Crippen LogP contribution in [0.4, 0.5) is 11.4 Å². The summed E-state index contributed by atoms with van der Waals surface area (Å²) in [7, 11) is 0. The maximum Gasteiger partial charge on any atom is 0.258 e. The first kappa shape index (κ1) is 15.4. The molecule has 0 bridgehead atoms. The van der Waals surface area contributed by atoms with E-state index in [0.29, 0.717) is 22.8 Å². The zero-order valence-corrected chi connectivity index (χ0v) is 13.0. The van der Waals surface area contributed by atoms with Gasteiger partial charge in [-0.1, -0.05) is 30.7 Å². The maximum absolute atomic E-state index is 12.8. The summed E-state index contributed by atoms with van der Waals surface area (Å²) in [6, 6.07) is 12.7. The van der Waals surface area contributed by atoms with Crippen molar-refractivity contribution in [1.82, 2.24) is 0 Å². The molecule has 3 nitrogen and oxygen atoms in total. The van der Waals surface area contributed by atoms with Crippen molar-refractivity contribution >= 4 is 28.9 Å². The molecule has 1 amide bonds. The van der Waals surface area contributed by atoms with Crippen molar-refractivity contribution in [2.75, 3.05) is 17.2 Å². The lowest BCUT2D eigenvalue weighted by atomic mass is 10.1. The van der Waals surface area contributed by atoms with Crippen molar-refractivity contribution in [3.8, 4) is 0 Å². The van der Waals surface area contributed by atoms with E-state index >= 15 is 0 Å². The number of carbonyl (C=O) groups excluding carboxylic acids is 1. The molecular weight excluding hydrogens is 284 g/mol. The molecule has 0 aliphatic heterocycles. The number of aryl methyl sites for hydroxylation is 1. The molecule has 2 aromatic carbocycles. The first-order valence-corrected chi connectivity index (χ1v) is 7.35. The summed E-state index contributed by atoms with van der Waals surface area (Å²) >= 11 is 6.02. The van der Waals surface area contributed by atoms with E-state index in [2.05, 4.69) is 0 Å². The number of para-hydroxylation sites is 2. The second-order valence-corrected chi connectivity index (χ2v) is 5.39. The van der Waals surface area contributed by atoms with Crippen molar-refractivity contribution in [2.24, 2.45) is 0 Å². The van der Waals surface area contributed by atoms with Crippen molar-refractivity contribution in [2.45, 2.75) is 20.3 Å². The van der Waals surface area contributed by atoms with Crippen LogP contribution >= 0.6 is 11.6 Å². The van der Waals surface area contributed by atoms with Crippen LogP contribution in [0.5, 0.6) is 0 Å². The molecule has 0 aliphatic carbocycles. The van der Waals surface area contributed by atoms with Crippen LogP contribution in [0.1, 0.15) is 29.3 Å². The van der Waals surface area contributed by atoms with E-state index in [1.807, 2.05) is 38.1 Å². The van der Waals surface area contributed by atoms with Gasteiger partial charge in [0.2, 0.25) is 0 Å². The van der Waals surface area contributed by atoms with Crippen LogP contribution in [0.25, 0.3) is 0 Å². The number of nitrogens with two attached hydrogens (primary N) is 1. The number of hydrogen-bond acceptors (Lipinski definition) is 2. The van der Waals surface area contributed by atoms with Crippen LogP contribution < -0.4 is 10.6 Å². The van der Waals surface area contributed by atoms with Crippen LogP contribution in [0.15, 0.2) is 42.5 Å². The van der Waals surface area contributed by atoms with Gasteiger partial charge < -0.3 is 10.6 Å². The number of nitrogen functional groups attached to an aromatic ring is 1. The van der Waals surface area contributed by atoms with Gasteiger partial charge in [-0.2, -0.15) is 0 Å². The third kappa shape index (κ3) is 3.37. The van der Waals surface area contributed by atoms with Crippen molar-refractivity contribution in [1.29, 1.82) is 0 Å². The Balaban J connectivity index is 2.40. The van der Waals surface area contributed by atoms with Crippen LogP contribution in [0, 0.1) is 6.92 Å². The summed E-state index contributed by atoms with van der Waals surface area (Å²) in [5.74, 6) is -0.0606. The van der Waals surface area contributed by atoms with Gasteiger partial charge in [0.15, 0.2) is 0 Å². The van der Waals surface area contributed by atoms with Gasteiger partial charge in [-0.25, -0.2) is 0 Å². The summed E-state index contributed by atoms with van der Waals surface area (Å²) < 4.78 is 0. The maximum atomic E-state index is 12.8. The molecule has 0 aliphatic rings. The molecule has 0 fully saturated rings. The molecule has 0 heterocycles. The number of hydrogen-bond donors (Lipinski definition) is 1. The molecule has 0 spiro atoms. The molecule has 2 rings (SSSR count). The minimum atomic E-state index is -0.0606. The van der Waals surface area contributed by atoms with Gasteiger partial charge in [0.05, 0.1) is 11.4 Å². The fourth-order valence-corrected chi connectivity index (χ4v) is 2.34. The third-order valence-electron chi connectivity index (χ3n) is 3.32. The fourth-order valence-electron chi connectivity index (χ4n) is 2.22. The van der Waals surface area contributed by atoms with E-state index in [1.54, 1.807) is 23.1 Å². The van der Waals surface area contributed by atoms with Gasteiger partial charge in [0.1, 0.15) is 0 Å². The highest BCUT2D eigenvalue weighted by Crippen LogP contribution is 2.25. The molecule has 0 radical (unpaired) electrons. The zero-order chi connectivity index (χ0) is 15.4. The van der Waals surface area contributed by atoms with Crippen LogP contribution in [0.2, 0.25) is 5.02 Å². The van der Waals surface area contributed by atoms with Gasteiger partial charge in [-0.05, 0) is 49.2 Å². The smallest absolute Gasteiger partial charge is 0.258 e. The number of carbonyl (C=O) groups is 1. The Morgan fingerprint density at radius 2 is 1.95 bits per heavy atom. The Morgan fingerprint density at radius 3 is 2.57 bits per heavy atom. The quantitative estimate of drug-likeness (QED) is 0.857. The van der Waals surface area contributed by atoms with Gasteiger partial charge in [0.25, 0.3) is 5.91 Å². The van der Waals surface area contributed by atoms with Crippen molar-refractivity contribution < 1.29 is 4.79 Å². The molecule has 0 atom stereocenters. The molecule has 0 unspecified atom stereocenters. The summed E-state index contributed by atoms with van der Waals surface area (Å²) in [5, 5.41) is 0.660.